The second-order valence-electron chi connectivity index (χ2n) is 9.37. The maximum Gasteiger partial charge on any atom is 0.322 e. The van der Waals surface area contributed by atoms with Crippen LogP contribution in [0.15, 0.2) is 83.3 Å². The lowest BCUT2D eigenvalue weighted by atomic mass is 10.1. The van der Waals surface area contributed by atoms with E-state index in [-0.39, 0.29) is 29.6 Å². The molecule has 2 amide bonds. The van der Waals surface area contributed by atoms with Gasteiger partial charge >= 0.3 is 12.5 Å². The number of piperazine rings is 1. The average Bonchev–Trinajstić information content (AvgIpc) is 3.49. The molecule has 0 spiro atoms. The number of halogens is 3. The van der Waals surface area contributed by atoms with Gasteiger partial charge in [0, 0.05) is 61.8 Å². The Labute approximate surface area is 230 Å². The number of nitrogens with one attached hydrogen (secondary N) is 1. The van der Waals surface area contributed by atoms with E-state index in [2.05, 4.69) is 37.4 Å². The number of benzene rings is 3. The zero-order chi connectivity index (χ0) is 27.9. The van der Waals surface area contributed by atoms with E-state index in [1.54, 1.807) is 24.3 Å². The highest BCUT2D eigenvalue weighted by Crippen LogP contribution is 2.26. The van der Waals surface area contributed by atoms with Gasteiger partial charge in [0.2, 0.25) is 5.89 Å². The Kier molecular flexibility index (Phi) is 8.60. The van der Waals surface area contributed by atoms with Crippen LogP contribution in [0.1, 0.15) is 17.9 Å². The second-order valence-corrected chi connectivity index (χ2v) is 9.37. The van der Waals surface area contributed by atoms with Crippen molar-refractivity contribution in [3.63, 3.8) is 0 Å². The predicted octanol–water partition coefficient (Wildman–Crippen LogP) is 5.35. The Bertz CT molecular complexity index is 1400. The Morgan fingerprint density at radius 2 is 1.65 bits per heavy atom. The summed E-state index contributed by atoms with van der Waals surface area (Å²) in [7, 11) is 0. The minimum Gasteiger partial charge on any atom is -0.415 e. The Balaban J connectivity index is 1.20. The van der Waals surface area contributed by atoms with Crippen molar-refractivity contribution in [3.8, 4) is 11.5 Å². The van der Waals surface area contributed by atoms with Crippen LogP contribution in [0.2, 0.25) is 0 Å². The van der Waals surface area contributed by atoms with Crippen LogP contribution in [0, 0.1) is 5.82 Å². The normalized spacial score (nSPS) is 13.9. The molecule has 0 aliphatic carbocycles. The smallest absolute Gasteiger partial charge is 0.322 e. The van der Waals surface area contributed by atoms with Gasteiger partial charge in [-0.15, -0.1) is 10.2 Å². The van der Waals surface area contributed by atoms with Crippen LogP contribution >= 0.6 is 0 Å². The van der Waals surface area contributed by atoms with Crippen LogP contribution in [0.4, 0.5) is 29.3 Å². The van der Waals surface area contributed by atoms with Gasteiger partial charge in [0.1, 0.15) is 5.82 Å². The van der Waals surface area contributed by atoms with E-state index >= 15 is 4.39 Å². The molecular formula is C29H29F3N6O2. The van der Waals surface area contributed by atoms with Crippen LogP contribution in [0.5, 0.6) is 0 Å². The molecule has 0 saturated carbocycles. The number of carbonyl (C=O) groups is 1. The topological polar surface area (TPSA) is 77.7 Å². The second kappa shape index (κ2) is 12.6. The Hall–Kier alpha value is -4.38. The lowest BCUT2D eigenvalue weighted by Gasteiger charge is -2.36. The van der Waals surface area contributed by atoms with Gasteiger partial charge in [0.15, 0.2) is 0 Å². The van der Waals surface area contributed by atoms with Crippen molar-refractivity contribution in [1.82, 2.24) is 20.4 Å². The van der Waals surface area contributed by atoms with Gasteiger partial charge in [-0.25, -0.2) is 9.18 Å². The number of amides is 2. The molecule has 208 valence electrons. The molecule has 1 aliphatic rings. The minimum atomic E-state index is -2.91. The maximum absolute atomic E-state index is 15.1. The fourth-order valence-electron chi connectivity index (χ4n) is 4.59. The maximum atomic E-state index is 15.1. The molecule has 0 bridgehead atoms. The number of urea groups is 1. The molecule has 4 aromatic rings. The summed E-state index contributed by atoms with van der Waals surface area (Å²) in [5.41, 5.74) is 2.24. The molecule has 1 fully saturated rings. The van der Waals surface area contributed by atoms with Crippen molar-refractivity contribution in [2.45, 2.75) is 13.0 Å². The summed E-state index contributed by atoms with van der Waals surface area (Å²) in [6.45, 7) is 4.72. The summed E-state index contributed by atoms with van der Waals surface area (Å²) in [5, 5.41) is 9.81. The molecule has 2 heterocycles. The van der Waals surface area contributed by atoms with E-state index in [1.165, 1.54) is 22.7 Å². The first-order chi connectivity index (χ1) is 19.5. The van der Waals surface area contributed by atoms with E-state index < -0.39 is 18.1 Å². The molecule has 0 atom stereocenters. The summed E-state index contributed by atoms with van der Waals surface area (Å²) in [6, 6.07) is 23.1. The lowest BCUT2D eigenvalue weighted by molar-refractivity contribution is 0.116. The van der Waals surface area contributed by atoms with Gasteiger partial charge < -0.3 is 14.6 Å². The number of rotatable bonds is 9. The van der Waals surface area contributed by atoms with Crippen molar-refractivity contribution >= 4 is 17.4 Å². The highest BCUT2D eigenvalue weighted by atomic mass is 19.3. The molecule has 40 heavy (non-hydrogen) atoms. The molecular weight excluding hydrogens is 521 g/mol. The number of nitrogens with zero attached hydrogens (tertiary/aromatic N) is 5. The van der Waals surface area contributed by atoms with Crippen molar-refractivity contribution < 1.29 is 22.4 Å². The average molecular weight is 551 g/mol. The van der Waals surface area contributed by atoms with Gasteiger partial charge in [-0.3, -0.25) is 9.80 Å². The first kappa shape index (κ1) is 27.2. The minimum absolute atomic E-state index is 0.0379. The van der Waals surface area contributed by atoms with Gasteiger partial charge in [0.25, 0.3) is 5.89 Å². The number of para-hydroxylation sites is 2. The van der Waals surface area contributed by atoms with E-state index in [4.69, 9.17) is 4.42 Å². The number of hydrogen-bond acceptors (Lipinski definition) is 6. The van der Waals surface area contributed by atoms with Gasteiger partial charge in [-0.2, -0.15) is 8.78 Å². The third kappa shape index (κ3) is 6.60. The Morgan fingerprint density at radius 1 is 0.950 bits per heavy atom. The highest BCUT2D eigenvalue weighted by molar-refractivity contribution is 5.91. The van der Waals surface area contributed by atoms with Crippen LogP contribution in [-0.4, -0.2) is 60.4 Å². The molecule has 1 saturated heterocycles. The zero-order valence-corrected chi connectivity index (χ0v) is 21.7. The van der Waals surface area contributed by atoms with E-state index in [0.29, 0.717) is 18.8 Å². The quantitative estimate of drug-likeness (QED) is 0.303. The van der Waals surface area contributed by atoms with Gasteiger partial charge in [-0.05, 0) is 36.4 Å². The van der Waals surface area contributed by atoms with E-state index in [1.807, 2.05) is 24.3 Å². The third-order valence-electron chi connectivity index (χ3n) is 6.77. The van der Waals surface area contributed by atoms with Crippen LogP contribution in [-0.2, 0) is 6.54 Å². The zero-order valence-electron chi connectivity index (χ0n) is 21.7. The monoisotopic (exact) mass is 550 g/mol. The fourth-order valence-corrected chi connectivity index (χ4v) is 4.59. The summed E-state index contributed by atoms with van der Waals surface area (Å²) in [5.74, 6) is -1.66. The molecule has 1 aromatic heterocycles. The molecule has 1 N–H and O–H groups in total. The SMILES string of the molecule is O=C(NCCN1CCN(c2ccccc2)CC1)N(Cc1ccc(-c2nnc(C(F)F)o2)cc1F)c1ccccc1. The van der Waals surface area contributed by atoms with Crippen LogP contribution in [0.25, 0.3) is 11.5 Å². The summed E-state index contributed by atoms with van der Waals surface area (Å²) >= 11 is 0. The summed E-state index contributed by atoms with van der Waals surface area (Å²) in [4.78, 5) is 19.4. The van der Waals surface area contributed by atoms with Gasteiger partial charge in [-0.1, -0.05) is 42.5 Å². The number of alkyl halides is 2. The molecule has 0 unspecified atom stereocenters. The van der Waals surface area contributed by atoms with E-state index in [9.17, 15) is 13.6 Å². The van der Waals surface area contributed by atoms with Crippen molar-refractivity contribution in [3.05, 3.63) is 96.1 Å². The number of hydrogen-bond donors (Lipinski definition) is 1. The highest BCUT2D eigenvalue weighted by Gasteiger charge is 2.22. The van der Waals surface area contributed by atoms with Crippen molar-refractivity contribution in [2.24, 2.45) is 0 Å². The summed E-state index contributed by atoms with van der Waals surface area (Å²) < 4.78 is 45.6. The standard InChI is InChI=1S/C29H29F3N6O2/c30-25-19-21(27-34-35-28(40-27)26(31)32)11-12-22(25)20-38(24-9-5-2-6-10-24)29(39)33-13-14-36-15-17-37(18-16-36)23-7-3-1-4-8-23/h1-12,19,26H,13-18,20H2,(H,33,39). The molecule has 3 aromatic carbocycles. The number of anilines is 2. The number of aromatic nitrogens is 2. The van der Waals surface area contributed by atoms with Crippen molar-refractivity contribution in [2.75, 3.05) is 49.1 Å². The largest absolute Gasteiger partial charge is 0.415 e. The number of carbonyl (C=O) groups excluding carboxylic acids is 1. The fraction of sp³-hybridized carbons (Fsp3) is 0.276. The third-order valence-corrected chi connectivity index (χ3v) is 6.77. The van der Waals surface area contributed by atoms with Crippen LogP contribution < -0.4 is 15.1 Å². The lowest BCUT2D eigenvalue weighted by Crippen LogP contribution is -2.49. The molecule has 0 radical (unpaired) electrons. The van der Waals surface area contributed by atoms with Gasteiger partial charge in [0.05, 0.1) is 6.54 Å². The Morgan fingerprint density at radius 3 is 2.30 bits per heavy atom. The predicted molar refractivity (Wildman–Crippen MR) is 146 cm³/mol. The summed E-state index contributed by atoms with van der Waals surface area (Å²) in [6.07, 6.45) is -2.91. The molecule has 8 nitrogen and oxygen atoms in total. The van der Waals surface area contributed by atoms with Crippen LogP contribution in [0.3, 0.4) is 0 Å². The molecule has 5 rings (SSSR count). The molecule has 11 heteroatoms. The van der Waals surface area contributed by atoms with Crippen molar-refractivity contribution in [1.29, 1.82) is 0 Å². The van der Waals surface area contributed by atoms with E-state index in [0.717, 1.165) is 32.2 Å². The first-order valence-corrected chi connectivity index (χ1v) is 13.0. The first-order valence-electron chi connectivity index (χ1n) is 13.0. The molecule has 1 aliphatic heterocycles.